The molecular formula is C11H11IN2O2S. The molecule has 0 fully saturated rings. The summed E-state index contributed by atoms with van der Waals surface area (Å²) in [6.45, 7) is 0.451. The molecule has 0 aliphatic carbocycles. The van der Waals surface area contributed by atoms with E-state index in [1.54, 1.807) is 17.8 Å². The van der Waals surface area contributed by atoms with Gasteiger partial charge in [0.15, 0.2) is 0 Å². The quantitative estimate of drug-likeness (QED) is 0.516. The van der Waals surface area contributed by atoms with E-state index < -0.39 is 0 Å². The lowest BCUT2D eigenvalue weighted by molar-refractivity contribution is 0.141. The van der Waals surface area contributed by atoms with Crippen LogP contribution in [-0.2, 0) is 6.61 Å². The molecule has 0 amide bonds. The van der Waals surface area contributed by atoms with Gasteiger partial charge in [-0.2, -0.15) is 0 Å². The molecule has 0 radical (unpaired) electrons. The molecule has 6 heteroatoms. The molecule has 1 aromatic heterocycles. The molecule has 2 aromatic rings. The maximum atomic E-state index is 9.03. The van der Waals surface area contributed by atoms with E-state index in [-0.39, 0.29) is 0 Å². The van der Waals surface area contributed by atoms with Crippen molar-refractivity contribution in [1.82, 2.24) is 9.94 Å². The molecule has 0 unspecified atom stereocenters. The maximum absolute atomic E-state index is 9.03. The van der Waals surface area contributed by atoms with Crippen molar-refractivity contribution in [3.8, 4) is 5.88 Å². The van der Waals surface area contributed by atoms with Gasteiger partial charge in [0, 0.05) is 20.1 Å². The normalized spacial score (nSPS) is 10.5. The second kappa shape index (κ2) is 5.63. The summed E-state index contributed by atoms with van der Waals surface area (Å²) in [4.78, 5) is 1.93. The van der Waals surface area contributed by atoms with Crippen LogP contribution in [-0.4, -0.2) is 21.4 Å². The molecule has 90 valence electrons. The molecule has 0 aliphatic heterocycles. The average Bonchev–Trinajstić information content (AvgIpc) is 2.73. The van der Waals surface area contributed by atoms with Crippen molar-refractivity contribution < 1.29 is 9.94 Å². The molecule has 0 saturated heterocycles. The second-order valence-electron chi connectivity index (χ2n) is 3.28. The number of thioether (sulfide) groups is 1. The van der Waals surface area contributed by atoms with Crippen LogP contribution < -0.4 is 4.74 Å². The summed E-state index contributed by atoms with van der Waals surface area (Å²) < 4.78 is 6.69. The standard InChI is InChI=1S/C11H11IN2O2S/c1-17-10-4-2-3-9(12)8(10)7-16-11-5-6-14(15)13-11/h2-6,15H,7H2,1H3. The highest BCUT2D eigenvalue weighted by atomic mass is 127. The number of ether oxygens (including phenoxy) is 1. The number of hydrogen-bond donors (Lipinski definition) is 1. The highest BCUT2D eigenvalue weighted by Crippen LogP contribution is 2.25. The molecule has 0 saturated carbocycles. The molecule has 1 aromatic carbocycles. The zero-order valence-electron chi connectivity index (χ0n) is 9.13. The number of rotatable bonds is 4. The third kappa shape index (κ3) is 3.06. The summed E-state index contributed by atoms with van der Waals surface area (Å²) in [6, 6.07) is 7.76. The van der Waals surface area contributed by atoms with Crippen molar-refractivity contribution >= 4 is 34.4 Å². The number of benzene rings is 1. The molecule has 0 spiro atoms. The van der Waals surface area contributed by atoms with Gasteiger partial charge in [0.25, 0.3) is 0 Å². The minimum absolute atomic E-state index is 0.416. The smallest absolute Gasteiger partial charge is 0.236 e. The molecular weight excluding hydrogens is 351 g/mol. The van der Waals surface area contributed by atoms with Gasteiger partial charge in [0.2, 0.25) is 5.88 Å². The lowest BCUT2D eigenvalue weighted by Gasteiger charge is -2.09. The van der Waals surface area contributed by atoms with E-state index in [2.05, 4.69) is 33.8 Å². The van der Waals surface area contributed by atoms with Crippen LogP contribution in [0.3, 0.4) is 0 Å². The first-order valence-electron chi connectivity index (χ1n) is 4.90. The molecule has 0 atom stereocenters. The van der Waals surface area contributed by atoms with Crippen LogP contribution >= 0.6 is 34.4 Å². The lowest BCUT2D eigenvalue weighted by Crippen LogP contribution is -2.01. The monoisotopic (exact) mass is 362 g/mol. The molecule has 1 N–H and O–H groups in total. The summed E-state index contributed by atoms with van der Waals surface area (Å²) in [5.74, 6) is 0.416. The van der Waals surface area contributed by atoms with E-state index >= 15 is 0 Å². The average molecular weight is 362 g/mol. The maximum Gasteiger partial charge on any atom is 0.236 e. The van der Waals surface area contributed by atoms with Crippen LogP contribution in [0.2, 0.25) is 0 Å². The van der Waals surface area contributed by atoms with E-state index in [1.807, 2.05) is 18.4 Å². The Balaban J connectivity index is 2.13. The molecule has 2 rings (SSSR count). The molecule has 0 aliphatic rings. The number of halogens is 1. The van der Waals surface area contributed by atoms with Gasteiger partial charge < -0.3 is 9.94 Å². The fraction of sp³-hybridized carbons (Fsp3) is 0.182. The zero-order valence-corrected chi connectivity index (χ0v) is 12.1. The Bertz CT molecular complexity index is 516. The van der Waals surface area contributed by atoms with Crippen molar-refractivity contribution in [2.45, 2.75) is 11.5 Å². The Labute approximate surface area is 117 Å². The van der Waals surface area contributed by atoms with Crippen LogP contribution in [0.1, 0.15) is 5.56 Å². The van der Waals surface area contributed by atoms with Crippen LogP contribution in [0.15, 0.2) is 35.4 Å². The Kier molecular flexibility index (Phi) is 4.16. The molecule has 1 heterocycles. The first-order chi connectivity index (χ1) is 8.20. The van der Waals surface area contributed by atoms with Crippen molar-refractivity contribution in [2.24, 2.45) is 0 Å². The fourth-order valence-electron chi connectivity index (χ4n) is 1.39. The Morgan fingerprint density at radius 3 is 2.94 bits per heavy atom. The summed E-state index contributed by atoms with van der Waals surface area (Å²) >= 11 is 3.98. The van der Waals surface area contributed by atoms with Crippen LogP contribution in [0, 0.1) is 3.57 Å². The van der Waals surface area contributed by atoms with Crippen molar-refractivity contribution in [1.29, 1.82) is 0 Å². The molecule has 4 nitrogen and oxygen atoms in total. The number of hydrogen-bond acceptors (Lipinski definition) is 4. The highest BCUT2D eigenvalue weighted by molar-refractivity contribution is 14.1. The van der Waals surface area contributed by atoms with E-state index in [1.165, 1.54) is 11.1 Å². The lowest BCUT2D eigenvalue weighted by atomic mass is 10.2. The van der Waals surface area contributed by atoms with E-state index in [0.717, 1.165) is 14.0 Å². The summed E-state index contributed by atoms with van der Waals surface area (Å²) in [5, 5.41) is 12.8. The second-order valence-corrected chi connectivity index (χ2v) is 5.29. The van der Waals surface area contributed by atoms with Gasteiger partial charge in [-0.05, 0) is 41.0 Å². The first-order valence-corrected chi connectivity index (χ1v) is 7.20. The summed E-state index contributed by atoms with van der Waals surface area (Å²) in [5.41, 5.74) is 1.15. The van der Waals surface area contributed by atoms with Crippen molar-refractivity contribution in [2.75, 3.05) is 6.26 Å². The van der Waals surface area contributed by atoms with Crippen LogP contribution in [0.5, 0.6) is 5.88 Å². The molecule has 17 heavy (non-hydrogen) atoms. The number of aromatic nitrogens is 2. The highest BCUT2D eigenvalue weighted by Gasteiger charge is 2.07. The van der Waals surface area contributed by atoms with Gasteiger partial charge in [-0.25, -0.2) is 0 Å². The minimum atomic E-state index is 0.416. The van der Waals surface area contributed by atoms with Crippen LogP contribution in [0.25, 0.3) is 0 Å². The van der Waals surface area contributed by atoms with E-state index in [4.69, 9.17) is 9.94 Å². The van der Waals surface area contributed by atoms with Gasteiger partial charge in [-0.1, -0.05) is 11.2 Å². The molecule has 0 bridgehead atoms. The largest absolute Gasteiger partial charge is 0.472 e. The summed E-state index contributed by atoms with van der Waals surface area (Å²) in [7, 11) is 0. The predicted molar refractivity (Wildman–Crippen MR) is 74.7 cm³/mol. The summed E-state index contributed by atoms with van der Waals surface area (Å²) in [6.07, 6.45) is 3.47. The Hall–Kier alpha value is -0.890. The third-order valence-electron chi connectivity index (χ3n) is 2.21. The topological polar surface area (TPSA) is 47.3 Å². The van der Waals surface area contributed by atoms with Gasteiger partial charge in [0.1, 0.15) is 6.61 Å². The third-order valence-corrected chi connectivity index (χ3v) is 4.04. The van der Waals surface area contributed by atoms with Gasteiger partial charge in [-0.3, -0.25) is 0 Å². The van der Waals surface area contributed by atoms with Crippen molar-refractivity contribution in [3.63, 3.8) is 0 Å². The first kappa shape index (κ1) is 12.6. The Morgan fingerprint density at radius 2 is 2.29 bits per heavy atom. The predicted octanol–water partition coefficient (Wildman–Crippen LogP) is 3.03. The van der Waals surface area contributed by atoms with Gasteiger partial charge in [0.05, 0.1) is 6.20 Å². The van der Waals surface area contributed by atoms with Crippen LogP contribution in [0.4, 0.5) is 0 Å². The van der Waals surface area contributed by atoms with Gasteiger partial charge >= 0.3 is 0 Å². The Morgan fingerprint density at radius 1 is 1.47 bits per heavy atom. The SMILES string of the molecule is CSc1cccc(I)c1COc1ccn(O)n1. The van der Waals surface area contributed by atoms with Crippen molar-refractivity contribution in [3.05, 3.63) is 39.6 Å². The van der Waals surface area contributed by atoms with E-state index in [0.29, 0.717) is 12.5 Å². The fourth-order valence-corrected chi connectivity index (χ4v) is 2.86. The zero-order chi connectivity index (χ0) is 12.3. The minimum Gasteiger partial charge on any atom is -0.472 e. The number of nitrogens with zero attached hydrogens (tertiary/aromatic N) is 2. The van der Waals surface area contributed by atoms with E-state index in [9.17, 15) is 0 Å². The van der Waals surface area contributed by atoms with Gasteiger partial charge in [-0.15, -0.1) is 16.6 Å².